The molecule has 0 rings (SSSR count). The Kier molecular flexibility index (Phi) is 33.7. The van der Waals surface area contributed by atoms with E-state index in [-0.39, 0.29) is 0 Å². The van der Waals surface area contributed by atoms with E-state index in [0.29, 0.717) is 37.2 Å². The minimum absolute atomic E-state index is 0.343. The van der Waals surface area contributed by atoms with Crippen molar-refractivity contribution < 1.29 is 9.59 Å². The fourth-order valence-corrected chi connectivity index (χ4v) is 4.44. The fourth-order valence-electron chi connectivity index (χ4n) is 4.44. The summed E-state index contributed by atoms with van der Waals surface area (Å²) in [5.74, 6) is 0.712. The lowest BCUT2D eigenvalue weighted by molar-refractivity contribution is -0.121. The van der Waals surface area contributed by atoms with E-state index >= 15 is 0 Å². The molecule has 0 radical (unpaired) electrons. The molecule has 0 aliphatic rings. The number of allylic oxidation sites excluding steroid dienone is 18. The first-order valence-corrected chi connectivity index (χ1v) is 17.7. The van der Waals surface area contributed by atoms with Crippen LogP contribution in [0.15, 0.2) is 109 Å². The summed E-state index contributed by atoms with van der Waals surface area (Å²) < 4.78 is 0. The van der Waals surface area contributed by atoms with Gasteiger partial charge in [0.15, 0.2) is 0 Å². The third-order valence-corrected chi connectivity index (χ3v) is 7.06. The zero-order chi connectivity index (χ0) is 32.0. The van der Waals surface area contributed by atoms with Crippen molar-refractivity contribution in [2.75, 3.05) is 0 Å². The van der Waals surface area contributed by atoms with Gasteiger partial charge in [-0.05, 0) is 70.6 Å². The van der Waals surface area contributed by atoms with Gasteiger partial charge in [-0.1, -0.05) is 155 Å². The molecule has 0 bridgehead atoms. The van der Waals surface area contributed by atoms with E-state index in [1.54, 1.807) is 0 Å². The molecule has 0 unspecified atom stereocenters. The number of hydrogen-bond donors (Lipinski definition) is 0. The molecule has 0 saturated heterocycles. The standard InChI is InChI=1S/C42H64O2/c1-3-5-6-7-8-9-10-11-12-13-14-15-16-17-18-19-20-21-22-23-24-25-26-27-28-29-30-31-32-33-34-38-42(44)40-36-35-39-41(43)37-4-2/h7-14,17-18,21-28H,3-6,15-16,19-20,29-40H2,1-2H3/b8-7+,10-9+,12-11+,14-13+,18-17+,22-21+,24-23+,26-25+,28-27+. The van der Waals surface area contributed by atoms with Gasteiger partial charge in [0.1, 0.15) is 11.6 Å². The van der Waals surface area contributed by atoms with Crippen molar-refractivity contribution in [2.24, 2.45) is 0 Å². The monoisotopic (exact) mass is 600 g/mol. The van der Waals surface area contributed by atoms with E-state index in [2.05, 4.69) is 116 Å². The Labute approximate surface area is 272 Å². The predicted octanol–water partition coefficient (Wildman–Crippen LogP) is 13.0. The van der Waals surface area contributed by atoms with E-state index in [4.69, 9.17) is 0 Å². The number of ketones is 2. The third kappa shape index (κ3) is 35.2. The van der Waals surface area contributed by atoms with Gasteiger partial charge in [-0.25, -0.2) is 0 Å². The van der Waals surface area contributed by atoms with Gasteiger partial charge in [-0.15, -0.1) is 0 Å². The number of rotatable bonds is 30. The van der Waals surface area contributed by atoms with Crippen LogP contribution >= 0.6 is 0 Å². The van der Waals surface area contributed by atoms with Gasteiger partial charge in [0.25, 0.3) is 0 Å². The van der Waals surface area contributed by atoms with E-state index < -0.39 is 0 Å². The molecule has 0 aliphatic carbocycles. The van der Waals surface area contributed by atoms with Crippen LogP contribution in [0.25, 0.3) is 0 Å². The number of Topliss-reactive ketones (excluding diaryl/α,β-unsaturated/α-hetero) is 2. The highest BCUT2D eigenvalue weighted by molar-refractivity contribution is 5.79. The molecule has 44 heavy (non-hydrogen) atoms. The second kappa shape index (κ2) is 36.2. The van der Waals surface area contributed by atoms with Crippen LogP contribution in [0.4, 0.5) is 0 Å². The Bertz CT molecular complexity index is 933. The molecule has 0 fully saturated rings. The number of carbonyl (C=O) groups excluding carboxylic acids is 2. The molecule has 2 heteroatoms. The van der Waals surface area contributed by atoms with Crippen LogP contribution < -0.4 is 0 Å². The smallest absolute Gasteiger partial charge is 0.132 e. The molecule has 0 spiro atoms. The largest absolute Gasteiger partial charge is 0.300 e. The van der Waals surface area contributed by atoms with Crippen LogP contribution in [-0.4, -0.2) is 11.6 Å². The summed E-state index contributed by atoms with van der Waals surface area (Å²) in [5, 5.41) is 0. The van der Waals surface area contributed by atoms with Crippen molar-refractivity contribution in [2.45, 2.75) is 142 Å². The maximum atomic E-state index is 12.0. The van der Waals surface area contributed by atoms with Gasteiger partial charge in [0.05, 0.1) is 0 Å². The first-order chi connectivity index (χ1) is 21.7. The van der Waals surface area contributed by atoms with E-state index in [1.807, 2.05) is 6.92 Å². The number of unbranched alkanes of at least 4 members (excludes halogenated alkanes) is 10. The molecule has 0 heterocycles. The lowest BCUT2D eigenvalue weighted by Gasteiger charge is -2.02. The van der Waals surface area contributed by atoms with Crippen molar-refractivity contribution >= 4 is 11.6 Å². The van der Waals surface area contributed by atoms with Crippen LogP contribution in [0, 0.1) is 0 Å². The van der Waals surface area contributed by atoms with Crippen molar-refractivity contribution in [1.29, 1.82) is 0 Å². The Morgan fingerprint density at radius 1 is 0.318 bits per heavy atom. The first kappa shape index (κ1) is 41.0. The van der Waals surface area contributed by atoms with Gasteiger partial charge >= 0.3 is 0 Å². The highest BCUT2D eigenvalue weighted by Crippen LogP contribution is 2.11. The SMILES string of the molecule is CCCC/C=C/C=C/C=C/C=C/CC/C=C/CC/C=C/C=C/C=C/C=C/CCCCCCCC(=O)CCCCC(=O)CCC. The Morgan fingerprint density at radius 2 is 0.659 bits per heavy atom. The Hall–Kier alpha value is -3.00. The van der Waals surface area contributed by atoms with Crippen molar-refractivity contribution in [3.05, 3.63) is 109 Å². The quantitative estimate of drug-likeness (QED) is 0.0467. The second-order valence-electron chi connectivity index (χ2n) is 11.4. The summed E-state index contributed by atoms with van der Waals surface area (Å²) in [6.07, 6.45) is 58.9. The van der Waals surface area contributed by atoms with Crippen LogP contribution in [0.3, 0.4) is 0 Å². The Balaban J connectivity index is 3.58. The van der Waals surface area contributed by atoms with Gasteiger partial charge in [0.2, 0.25) is 0 Å². The molecule has 0 aromatic rings. The number of carbonyl (C=O) groups is 2. The van der Waals surface area contributed by atoms with Gasteiger partial charge in [-0.3, -0.25) is 9.59 Å². The molecule has 0 saturated carbocycles. The van der Waals surface area contributed by atoms with Gasteiger partial charge in [-0.2, -0.15) is 0 Å². The maximum Gasteiger partial charge on any atom is 0.132 e. The molecule has 0 N–H and O–H groups in total. The van der Waals surface area contributed by atoms with Gasteiger partial charge < -0.3 is 0 Å². The highest BCUT2D eigenvalue weighted by atomic mass is 16.1. The lowest BCUT2D eigenvalue weighted by Crippen LogP contribution is -2.00. The molecule has 0 aliphatic heterocycles. The summed E-state index contributed by atoms with van der Waals surface area (Å²) in [6, 6.07) is 0. The van der Waals surface area contributed by atoms with Crippen molar-refractivity contribution in [1.82, 2.24) is 0 Å². The summed E-state index contributed by atoms with van der Waals surface area (Å²) in [5.41, 5.74) is 0. The summed E-state index contributed by atoms with van der Waals surface area (Å²) >= 11 is 0. The molecule has 0 amide bonds. The Morgan fingerprint density at radius 3 is 1.14 bits per heavy atom. The van der Waals surface area contributed by atoms with Crippen LogP contribution in [-0.2, 0) is 9.59 Å². The van der Waals surface area contributed by atoms with Crippen LogP contribution in [0.5, 0.6) is 0 Å². The van der Waals surface area contributed by atoms with Crippen LogP contribution in [0.1, 0.15) is 142 Å². The third-order valence-electron chi connectivity index (χ3n) is 7.06. The molecule has 0 aromatic heterocycles. The first-order valence-electron chi connectivity index (χ1n) is 17.7. The molecule has 244 valence electrons. The molecule has 0 aromatic carbocycles. The molecule has 0 atom stereocenters. The normalized spacial score (nSPS) is 13.0. The topological polar surface area (TPSA) is 34.1 Å². The average Bonchev–Trinajstić information content (AvgIpc) is 3.02. The maximum absolute atomic E-state index is 12.0. The van der Waals surface area contributed by atoms with Crippen LogP contribution in [0.2, 0.25) is 0 Å². The summed E-state index contributed by atoms with van der Waals surface area (Å²) in [6.45, 7) is 4.25. The predicted molar refractivity (Wildman–Crippen MR) is 196 cm³/mol. The lowest BCUT2D eigenvalue weighted by atomic mass is 10.0. The van der Waals surface area contributed by atoms with E-state index in [1.165, 1.54) is 38.5 Å². The highest BCUT2D eigenvalue weighted by Gasteiger charge is 2.04. The fraction of sp³-hybridized carbons (Fsp3) is 0.524. The minimum atomic E-state index is 0.343. The van der Waals surface area contributed by atoms with Crippen molar-refractivity contribution in [3.8, 4) is 0 Å². The zero-order valence-corrected chi connectivity index (χ0v) is 28.4. The summed E-state index contributed by atoms with van der Waals surface area (Å²) in [4.78, 5) is 23.5. The van der Waals surface area contributed by atoms with E-state index in [9.17, 15) is 9.59 Å². The zero-order valence-electron chi connectivity index (χ0n) is 28.4. The minimum Gasteiger partial charge on any atom is -0.300 e. The van der Waals surface area contributed by atoms with Gasteiger partial charge in [0, 0.05) is 25.7 Å². The number of hydrogen-bond acceptors (Lipinski definition) is 2. The average molecular weight is 601 g/mol. The van der Waals surface area contributed by atoms with E-state index in [0.717, 1.165) is 64.2 Å². The van der Waals surface area contributed by atoms with Crippen molar-refractivity contribution in [3.63, 3.8) is 0 Å². The molecular formula is C42H64O2. The summed E-state index contributed by atoms with van der Waals surface area (Å²) in [7, 11) is 0. The second-order valence-corrected chi connectivity index (χ2v) is 11.4. The molecular weight excluding hydrogens is 536 g/mol. The molecule has 2 nitrogen and oxygen atoms in total.